The summed E-state index contributed by atoms with van der Waals surface area (Å²) in [6.45, 7) is 3.69. The number of likely N-dealkylation sites (tertiary alicyclic amines) is 1. The van der Waals surface area contributed by atoms with Gasteiger partial charge in [-0.25, -0.2) is 0 Å². The Morgan fingerprint density at radius 1 is 1.18 bits per heavy atom. The van der Waals surface area contributed by atoms with Gasteiger partial charge >= 0.3 is 0 Å². The molecule has 2 aliphatic rings. The first-order valence-electron chi connectivity index (χ1n) is 6.55. The van der Waals surface area contributed by atoms with Crippen LogP contribution >= 0.6 is 0 Å². The van der Waals surface area contributed by atoms with Crippen LogP contribution in [0.25, 0.3) is 0 Å². The standard InChI is InChI=1S/C13H22N2O2/c1-13(2)8-11(16)15(12(13)17)10-7-5-3-4-6-9(10)14/h9-10H,3-8,14H2,1-2H3. The van der Waals surface area contributed by atoms with Gasteiger partial charge in [0.2, 0.25) is 11.8 Å². The number of rotatable bonds is 1. The van der Waals surface area contributed by atoms with E-state index in [9.17, 15) is 9.59 Å². The molecule has 4 nitrogen and oxygen atoms in total. The Hall–Kier alpha value is -0.900. The van der Waals surface area contributed by atoms with Crippen LogP contribution in [0.2, 0.25) is 0 Å². The second-order valence-corrected chi connectivity index (χ2v) is 6.00. The second kappa shape index (κ2) is 4.41. The van der Waals surface area contributed by atoms with Gasteiger partial charge in [0.25, 0.3) is 0 Å². The number of hydrogen-bond acceptors (Lipinski definition) is 3. The van der Waals surface area contributed by atoms with Gasteiger partial charge in [-0.1, -0.05) is 33.1 Å². The molecule has 1 saturated heterocycles. The Labute approximate surface area is 103 Å². The summed E-state index contributed by atoms with van der Waals surface area (Å²) in [6.07, 6.45) is 5.45. The summed E-state index contributed by atoms with van der Waals surface area (Å²) in [5.74, 6) is -0.0767. The zero-order chi connectivity index (χ0) is 12.6. The highest BCUT2D eigenvalue weighted by Crippen LogP contribution is 2.35. The van der Waals surface area contributed by atoms with Crippen LogP contribution in [-0.2, 0) is 9.59 Å². The molecule has 1 aliphatic heterocycles. The van der Waals surface area contributed by atoms with E-state index in [2.05, 4.69) is 0 Å². The first kappa shape index (κ1) is 12.6. The largest absolute Gasteiger partial charge is 0.326 e. The summed E-state index contributed by atoms with van der Waals surface area (Å²) in [5, 5.41) is 0. The molecule has 0 bridgehead atoms. The monoisotopic (exact) mass is 238 g/mol. The number of hydrogen-bond donors (Lipinski definition) is 1. The fraction of sp³-hybridized carbons (Fsp3) is 0.846. The lowest BCUT2D eigenvalue weighted by molar-refractivity contribution is -0.144. The van der Waals surface area contributed by atoms with Gasteiger partial charge in [0.05, 0.1) is 11.5 Å². The zero-order valence-electron chi connectivity index (χ0n) is 10.7. The summed E-state index contributed by atoms with van der Waals surface area (Å²) in [4.78, 5) is 25.7. The maximum absolute atomic E-state index is 12.2. The third kappa shape index (κ3) is 2.23. The molecule has 0 aromatic carbocycles. The molecular weight excluding hydrogens is 216 g/mol. The van der Waals surface area contributed by atoms with E-state index < -0.39 is 5.41 Å². The van der Waals surface area contributed by atoms with Gasteiger partial charge in [0, 0.05) is 12.5 Å². The number of carbonyl (C=O) groups excluding carboxylic acids is 2. The fourth-order valence-electron chi connectivity index (χ4n) is 2.95. The van der Waals surface area contributed by atoms with Gasteiger partial charge in [-0.3, -0.25) is 14.5 Å². The molecule has 1 aliphatic carbocycles. The normalized spacial score (nSPS) is 33.9. The minimum Gasteiger partial charge on any atom is -0.326 e. The van der Waals surface area contributed by atoms with E-state index >= 15 is 0 Å². The van der Waals surface area contributed by atoms with E-state index in [1.54, 1.807) is 0 Å². The first-order chi connectivity index (χ1) is 7.93. The lowest BCUT2D eigenvalue weighted by Gasteiger charge is -2.30. The van der Waals surface area contributed by atoms with Gasteiger partial charge < -0.3 is 5.73 Å². The average molecular weight is 238 g/mol. The van der Waals surface area contributed by atoms with Crippen LogP contribution in [0.1, 0.15) is 52.4 Å². The van der Waals surface area contributed by atoms with Crippen LogP contribution in [0.15, 0.2) is 0 Å². The lowest BCUT2D eigenvalue weighted by Crippen LogP contribution is -2.50. The van der Waals surface area contributed by atoms with Crippen molar-refractivity contribution < 1.29 is 9.59 Å². The van der Waals surface area contributed by atoms with Crippen molar-refractivity contribution >= 4 is 11.8 Å². The molecule has 0 aromatic heterocycles. The Morgan fingerprint density at radius 2 is 1.82 bits per heavy atom. The predicted molar refractivity (Wildman–Crippen MR) is 65.1 cm³/mol. The van der Waals surface area contributed by atoms with Crippen molar-refractivity contribution in [3.8, 4) is 0 Å². The molecule has 4 heteroatoms. The highest BCUT2D eigenvalue weighted by atomic mass is 16.2. The highest BCUT2D eigenvalue weighted by molar-refractivity contribution is 6.05. The van der Waals surface area contributed by atoms with Crippen molar-refractivity contribution in [3.05, 3.63) is 0 Å². The Bertz CT molecular complexity index is 338. The van der Waals surface area contributed by atoms with Crippen molar-refractivity contribution in [2.24, 2.45) is 11.1 Å². The molecule has 1 heterocycles. The number of imide groups is 1. The Kier molecular flexibility index (Phi) is 3.25. The number of carbonyl (C=O) groups is 2. The van der Waals surface area contributed by atoms with Crippen LogP contribution in [0, 0.1) is 5.41 Å². The molecule has 2 amide bonds. The summed E-state index contributed by atoms with van der Waals surface area (Å²) >= 11 is 0. The molecule has 2 N–H and O–H groups in total. The maximum Gasteiger partial charge on any atom is 0.235 e. The molecule has 2 fully saturated rings. The summed E-state index contributed by atoms with van der Waals surface area (Å²) in [5.41, 5.74) is 5.59. The van der Waals surface area contributed by atoms with Crippen molar-refractivity contribution in [1.82, 2.24) is 4.90 Å². The van der Waals surface area contributed by atoms with Crippen molar-refractivity contribution in [2.75, 3.05) is 0 Å². The van der Waals surface area contributed by atoms with Crippen molar-refractivity contribution in [3.63, 3.8) is 0 Å². The van der Waals surface area contributed by atoms with Crippen molar-refractivity contribution in [1.29, 1.82) is 0 Å². The summed E-state index contributed by atoms with van der Waals surface area (Å²) in [7, 11) is 0. The fourth-order valence-corrected chi connectivity index (χ4v) is 2.95. The molecular formula is C13H22N2O2. The molecule has 0 aromatic rings. The minimum absolute atomic E-state index is 0.0372. The van der Waals surface area contributed by atoms with Gasteiger partial charge in [-0.2, -0.15) is 0 Å². The highest BCUT2D eigenvalue weighted by Gasteiger charge is 2.48. The van der Waals surface area contributed by atoms with E-state index in [1.807, 2.05) is 13.8 Å². The van der Waals surface area contributed by atoms with Crippen LogP contribution in [-0.4, -0.2) is 28.8 Å². The molecule has 1 saturated carbocycles. The van der Waals surface area contributed by atoms with Crippen LogP contribution in [0.5, 0.6) is 0 Å². The molecule has 0 radical (unpaired) electrons. The van der Waals surface area contributed by atoms with Gasteiger partial charge in [-0.05, 0) is 12.8 Å². The third-order valence-corrected chi connectivity index (χ3v) is 4.02. The molecule has 2 unspecified atom stereocenters. The predicted octanol–water partition coefficient (Wildman–Crippen LogP) is 1.43. The van der Waals surface area contributed by atoms with E-state index in [0.29, 0.717) is 6.42 Å². The molecule has 17 heavy (non-hydrogen) atoms. The Morgan fingerprint density at radius 3 is 2.41 bits per heavy atom. The third-order valence-electron chi connectivity index (χ3n) is 4.02. The van der Waals surface area contributed by atoms with Gasteiger partial charge in [-0.15, -0.1) is 0 Å². The Balaban J connectivity index is 2.21. The van der Waals surface area contributed by atoms with E-state index in [-0.39, 0.29) is 23.9 Å². The molecule has 96 valence electrons. The molecule has 2 rings (SSSR count). The summed E-state index contributed by atoms with van der Waals surface area (Å²) in [6, 6.07) is -0.112. The van der Waals surface area contributed by atoms with Gasteiger partial charge in [0.1, 0.15) is 0 Å². The summed E-state index contributed by atoms with van der Waals surface area (Å²) < 4.78 is 0. The van der Waals surface area contributed by atoms with E-state index in [0.717, 1.165) is 32.1 Å². The number of nitrogens with zero attached hydrogens (tertiary/aromatic N) is 1. The topological polar surface area (TPSA) is 63.4 Å². The first-order valence-corrected chi connectivity index (χ1v) is 6.55. The SMILES string of the molecule is CC1(C)CC(=O)N(C2CCCCCC2N)C1=O. The number of amides is 2. The van der Waals surface area contributed by atoms with Crippen LogP contribution in [0.4, 0.5) is 0 Å². The molecule has 0 spiro atoms. The quantitative estimate of drug-likeness (QED) is 0.555. The van der Waals surface area contributed by atoms with Crippen LogP contribution < -0.4 is 5.73 Å². The zero-order valence-corrected chi connectivity index (χ0v) is 10.7. The maximum atomic E-state index is 12.2. The lowest BCUT2D eigenvalue weighted by atomic mass is 9.91. The van der Waals surface area contributed by atoms with Crippen LogP contribution in [0.3, 0.4) is 0 Å². The van der Waals surface area contributed by atoms with E-state index in [4.69, 9.17) is 5.73 Å². The van der Waals surface area contributed by atoms with E-state index in [1.165, 1.54) is 4.90 Å². The minimum atomic E-state index is -0.539. The van der Waals surface area contributed by atoms with Crippen molar-refractivity contribution in [2.45, 2.75) is 64.5 Å². The van der Waals surface area contributed by atoms with Gasteiger partial charge in [0.15, 0.2) is 0 Å². The molecule has 2 atom stereocenters. The second-order valence-electron chi connectivity index (χ2n) is 6.00. The smallest absolute Gasteiger partial charge is 0.235 e. The average Bonchev–Trinajstić information content (AvgIpc) is 2.42. The number of nitrogens with two attached hydrogens (primary N) is 1.